The molecule has 3 unspecified atom stereocenters. The van der Waals surface area contributed by atoms with Crippen LogP contribution in [0.2, 0.25) is 5.02 Å². The van der Waals surface area contributed by atoms with Crippen LogP contribution >= 0.6 is 22.9 Å². The SMILES string of the molecule is CCOC(=O)C(C)N1CC1C(=O)Nc1nc2ccc(N(C)c3ccc(Cl)cc3)nc2s1. The van der Waals surface area contributed by atoms with E-state index in [0.29, 0.717) is 28.8 Å². The summed E-state index contributed by atoms with van der Waals surface area (Å²) in [7, 11) is 1.92. The zero-order valence-corrected chi connectivity index (χ0v) is 18.9. The highest BCUT2D eigenvalue weighted by atomic mass is 35.5. The number of ether oxygens (including phenoxy) is 1. The number of nitrogens with zero attached hydrogens (tertiary/aromatic N) is 4. The van der Waals surface area contributed by atoms with Gasteiger partial charge in [-0.3, -0.25) is 14.5 Å². The number of fused-ring (bicyclic) bond motifs is 1. The molecule has 0 spiro atoms. The van der Waals surface area contributed by atoms with E-state index in [2.05, 4.69) is 15.3 Å². The molecule has 0 saturated carbocycles. The van der Waals surface area contributed by atoms with E-state index >= 15 is 0 Å². The molecule has 1 saturated heterocycles. The Hall–Kier alpha value is -2.75. The molecule has 3 aromatic rings. The lowest BCUT2D eigenvalue weighted by molar-refractivity contribution is -0.147. The van der Waals surface area contributed by atoms with Crippen molar-refractivity contribution in [3.63, 3.8) is 0 Å². The maximum absolute atomic E-state index is 12.6. The smallest absolute Gasteiger partial charge is 0.323 e. The number of carbonyl (C=O) groups excluding carboxylic acids is 2. The Labute approximate surface area is 188 Å². The van der Waals surface area contributed by atoms with E-state index in [0.717, 1.165) is 16.3 Å². The second-order valence-corrected chi connectivity index (χ2v) is 8.59. The zero-order chi connectivity index (χ0) is 22.1. The van der Waals surface area contributed by atoms with Crippen LogP contribution < -0.4 is 10.2 Å². The Bertz CT molecular complexity index is 1120. The van der Waals surface area contributed by atoms with Crippen LogP contribution in [0.5, 0.6) is 0 Å². The summed E-state index contributed by atoms with van der Waals surface area (Å²) in [6.45, 7) is 4.34. The van der Waals surface area contributed by atoms with E-state index in [1.807, 2.05) is 48.3 Å². The number of hydrogen-bond donors (Lipinski definition) is 1. The van der Waals surface area contributed by atoms with Gasteiger partial charge in [-0.05, 0) is 50.2 Å². The van der Waals surface area contributed by atoms with Crippen molar-refractivity contribution in [2.24, 2.45) is 0 Å². The number of pyridine rings is 1. The fourth-order valence-electron chi connectivity index (χ4n) is 3.25. The normalized spacial score (nSPS) is 18.5. The molecule has 162 valence electrons. The average molecular weight is 460 g/mol. The molecule has 1 fully saturated rings. The lowest BCUT2D eigenvalue weighted by atomic mass is 10.3. The van der Waals surface area contributed by atoms with Crippen molar-refractivity contribution in [1.82, 2.24) is 14.9 Å². The van der Waals surface area contributed by atoms with Gasteiger partial charge in [-0.1, -0.05) is 22.9 Å². The highest BCUT2D eigenvalue weighted by molar-refractivity contribution is 7.22. The number of anilines is 3. The summed E-state index contributed by atoms with van der Waals surface area (Å²) < 4.78 is 5.02. The van der Waals surface area contributed by atoms with E-state index in [4.69, 9.17) is 16.3 Å². The molecule has 10 heteroatoms. The minimum absolute atomic E-state index is 0.186. The van der Waals surface area contributed by atoms with E-state index in [-0.39, 0.29) is 17.9 Å². The summed E-state index contributed by atoms with van der Waals surface area (Å²) in [6, 6.07) is 10.5. The zero-order valence-electron chi connectivity index (χ0n) is 17.3. The number of carbonyl (C=O) groups is 2. The Morgan fingerprint density at radius 3 is 2.74 bits per heavy atom. The molecular weight excluding hydrogens is 438 g/mol. The summed E-state index contributed by atoms with van der Waals surface area (Å²) in [6.07, 6.45) is 0. The number of benzene rings is 1. The van der Waals surface area contributed by atoms with Crippen molar-refractivity contribution < 1.29 is 14.3 Å². The number of halogens is 1. The van der Waals surface area contributed by atoms with Crippen molar-refractivity contribution in [2.45, 2.75) is 25.9 Å². The number of esters is 1. The molecule has 2 aromatic heterocycles. The van der Waals surface area contributed by atoms with Gasteiger partial charge < -0.3 is 15.0 Å². The van der Waals surface area contributed by atoms with Crippen LogP contribution in [0.25, 0.3) is 10.3 Å². The molecular formula is C21H22ClN5O3S. The minimum atomic E-state index is -0.446. The van der Waals surface area contributed by atoms with Gasteiger partial charge in [0.25, 0.3) is 0 Å². The number of rotatable bonds is 7. The van der Waals surface area contributed by atoms with Gasteiger partial charge in [-0.25, -0.2) is 9.97 Å². The molecule has 1 aromatic carbocycles. The molecule has 8 nitrogen and oxygen atoms in total. The number of aromatic nitrogens is 2. The molecule has 0 aliphatic carbocycles. The number of nitrogens with one attached hydrogen (secondary N) is 1. The summed E-state index contributed by atoms with van der Waals surface area (Å²) in [4.78, 5) is 38.0. The Balaban J connectivity index is 1.43. The van der Waals surface area contributed by atoms with E-state index in [9.17, 15) is 9.59 Å². The molecule has 1 amide bonds. The van der Waals surface area contributed by atoms with Gasteiger partial charge in [-0.15, -0.1) is 0 Å². The third-order valence-electron chi connectivity index (χ3n) is 5.11. The number of amides is 1. The summed E-state index contributed by atoms with van der Waals surface area (Å²) in [5.74, 6) is 0.251. The molecule has 1 aliphatic heterocycles. The summed E-state index contributed by atoms with van der Waals surface area (Å²) in [5, 5.41) is 4.00. The van der Waals surface area contributed by atoms with Gasteiger partial charge in [0, 0.05) is 24.3 Å². The van der Waals surface area contributed by atoms with Crippen LogP contribution in [0.1, 0.15) is 13.8 Å². The predicted octanol–water partition coefficient (Wildman–Crippen LogP) is 3.69. The van der Waals surface area contributed by atoms with Crippen molar-refractivity contribution in [3.8, 4) is 0 Å². The summed E-state index contributed by atoms with van der Waals surface area (Å²) >= 11 is 7.28. The second-order valence-electron chi connectivity index (χ2n) is 7.18. The molecule has 4 rings (SSSR count). The molecule has 31 heavy (non-hydrogen) atoms. The van der Waals surface area contributed by atoms with Crippen LogP contribution in [0, 0.1) is 0 Å². The van der Waals surface area contributed by atoms with Crippen LogP contribution in [-0.2, 0) is 14.3 Å². The van der Waals surface area contributed by atoms with Gasteiger partial charge >= 0.3 is 5.97 Å². The van der Waals surface area contributed by atoms with E-state index < -0.39 is 6.04 Å². The number of thiazole rings is 1. The quantitative estimate of drug-likeness (QED) is 0.426. The Morgan fingerprint density at radius 1 is 1.29 bits per heavy atom. The average Bonchev–Trinajstić information content (AvgIpc) is 3.46. The predicted molar refractivity (Wildman–Crippen MR) is 122 cm³/mol. The standard InChI is InChI=1S/C21H22ClN5O3S/c1-4-30-20(29)12(2)27-11-16(27)18(28)25-21-23-15-9-10-17(24-19(15)31-21)26(3)14-7-5-13(22)6-8-14/h5-10,12,16H,4,11H2,1-3H3,(H,23,25,28). The Kier molecular flexibility index (Phi) is 6.08. The molecule has 0 radical (unpaired) electrons. The lowest BCUT2D eigenvalue weighted by Crippen LogP contribution is -2.32. The fraction of sp³-hybridized carbons (Fsp3) is 0.333. The van der Waals surface area contributed by atoms with Gasteiger partial charge in [0.15, 0.2) is 5.13 Å². The molecule has 3 atom stereocenters. The third kappa shape index (κ3) is 4.63. The van der Waals surface area contributed by atoms with Crippen LogP contribution in [0.4, 0.5) is 16.6 Å². The van der Waals surface area contributed by atoms with Crippen molar-refractivity contribution >= 4 is 61.8 Å². The van der Waals surface area contributed by atoms with Crippen LogP contribution in [0.15, 0.2) is 36.4 Å². The first-order valence-corrected chi connectivity index (χ1v) is 11.1. The largest absolute Gasteiger partial charge is 0.465 e. The van der Waals surface area contributed by atoms with Crippen LogP contribution in [-0.4, -0.2) is 59.0 Å². The first kappa shape index (κ1) is 21.5. The van der Waals surface area contributed by atoms with E-state index in [1.165, 1.54) is 11.3 Å². The molecule has 1 N–H and O–H groups in total. The van der Waals surface area contributed by atoms with Crippen molar-refractivity contribution in [1.29, 1.82) is 0 Å². The maximum Gasteiger partial charge on any atom is 0.323 e. The fourth-order valence-corrected chi connectivity index (χ4v) is 4.21. The second kappa shape index (κ2) is 8.78. The van der Waals surface area contributed by atoms with E-state index in [1.54, 1.807) is 18.7 Å². The monoisotopic (exact) mass is 459 g/mol. The van der Waals surface area contributed by atoms with Crippen LogP contribution in [0.3, 0.4) is 0 Å². The topological polar surface area (TPSA) is 87.4 Å². The highest BCUT2D eigenvalue weighted by Crippen LogP contribution is 2.30. The maximum atomic E-state index is 12.6. The molecule has 1 aliphatic rings. The number of hydrogen-bond acceptors (Lipinski definition) is 8. The van der Waals surface area contributed by atoms with Gasteiger partial charge in [-0.2, -0.15) is 0 Å². The first-order chi connectivity index (χ1) is 14.9. The van der Waals surface area contributed by atoms with Crippen molar-refractivity contribution in [2.75, 3.05) is 30.4 Å². The lowest BCUT2D eigenvalue weighted by Gasteiger charge is -2.18. The first-order valence-electron chi connectivity index (χ1n) is 9.87. The van der Waals surface area contributed by atoms with Gasteiger partial charge in [0.05, 0.1) is 6.61 Å². The Morgan fingerprint density at radius 2 is 2.03 bits per heavy atom. The van der Waals surface area contributed by atoms with Crippen molar-refractivity contribution in [3.05, 3.63) is 41.4 Å². The molecule has 3 heterocycles. The third-order valence-corrected chi connectivity index (χ3v) is 6.24. The minimum Gasteiger partial charge on any atom is -0.465 e. The van der Waals surface area contributed by atoms with Gasteiger partial charge in [0.1, 0.15) is 28.2 Å². The molecule has 0 bridgehead atoms. The highest BCUT2D eigenvalue weighted by Gasteiger charge is 2.46. The summed E-state index contributed by atoms with van der Waals surface area (Å²) in [5.41, 5.74) is 1.67. The van der Waals surface area contributed by atoms with Gasteiger partial charge in [0.2, 0.25) is 5.91 Å².